The number of ether oxygens (including phenoxy) is 1. The van der Waals surface area contributed by atoms with Crippen molar-refractivity contribution in [3.05, 3.63) is 114 Å². The third-order valence-electron chi connectivity index (χ3n) is 6.71. The van der Waals surface area contributed by atoms with Crippen LogP contribution in [-0.2, 0) is 4.79 Å². The van der Waals surface area contributed by atoms with Gasteiger partial charge in [-0.3, -0.25) is 9.59 Å². The lowest BCUT2D eigenvalue weighted by Gasteiger charge is -2.14. The number of benzene rings is 4. The van der Waals surface area contributed by atoms with Gasteiger partial charge in [0, 0.05) is 43.5 Å². The zero-order valence-electron chi connectivity index (χ0n) is 23.8. The minimum atomic E-state index is -0.449. The summed E-state index contributed by atoms with van der Waals surface area (Å²) in [4.78, 5) is 27.2. The number of anilines is 2. The second-order valence-corrected chi connectivity index (χ2v) is 10.2. The zero-order valence-corrected chi connectivity index (χ0v) is 23.8. The highest BCUT2D eigenvalue weighted by molar-refractivity contribution is 6.04. The topological polar surface area (TPSA) is 76.5 Å². The van der Waals surface area contributed by atoms with Crippen LogP contribution in [0.15, 0.2) is 97.1 Å². The van der Waals surface area contributed by atoms with Crippen LogP contribution in [0.1, 0.15) is 28.4 Å². The van der Waals surface area contributed by atoms with Crippen molar-refractivity contribution >= 4 is 23.3 Å². The molecule has 0 atom stereocenters. The average molecular weight is 545 g/mol. The van der Waals surface area contributed by atoms with E-state index in [0.29, 0.717) is 28.4 Å². The summed E-state index contributed by atoms with van der Waals surface area (Å²) in [6.45, 7) is 5.35. The summed E-state index contributed by atoms with van der Waals surface area (Å²) in [5.41, 5.74) is 8.16. The van der Waals surface area contributed by atoms with Crippen LogP contribution in [-0.4, -0.2) is 35.8 Å². The van der Waals surface area contributed by atoms with Gasteiger partial charge in [0.05, 0.1) is 11.3 Å². The maximum absolute atomic E-state index is 12.8. The van der Waals surface area contributed by atoms with Gasteiger partial charge < -0.3 is 15.0 Å². The summed E-state index contributed by atoms with van der Waals surface area (Å²) in [7, 11) is 3.97. The fourth-order valence-corrected chi connectivity index (χ4v) is 4.60. The summed E-state index contributed by atoms with van der Waals surface area (Å²) in [6.07, 6.45) is 0. The van der Waals surface area contributed by atoms with Crippen molar-refractivity contribution in [2.45, 2.75) is 20.8 Å². The first-order chi connectivity index (χ1) is 19.7. The Bertz CT molecular complexity index is 1720. The number of rotatable bonds is 7. The smallest absolute Gasteiger partial charge is 0.309 e. The van der Waals surface area contributed by atoms with Crippen LogP contribution >= 0.6 is 0 Å². The number of carbonyl (C=O) groups is 2. The van der Waals surface area contributed by atoms with Crippen molar-refractivity contribution < 1.29 is 14.3 Å². The Morgan fingerprint density at radius 1 is 0.805 bits per heavy atom. The van der Waals surface area contributed by atoms with Gasteiger partial charge in [-0.25, -0.2) is 0 Å². The van der Waals surface area contributed by atoms with Crippen LogP contribution < -0.4 is 15.0 Å². The molecule has 206 valence electrons. The lowest BCUT2D eigenvalue weighted by molar-refractivity contribution is -0.132. The SMILES string of the molecule is CC(=O)Oc1c(-c2ccc(NC(=O)c3cccc(C)c3)cc2)c(-c2cccc(N(C)C)c2)nn1-c1ccc(C)cc1. The van der Waals surface area contributed by atoms with Gasteiger partial charge in [0.2, 0.25) is 5.88 Å². The van der Waals surface area contributed by atoms with E-state index >= 15 is 0 Å². The molecule has 0 aliphatic carbocycles. The maximum Gasteiger partial charge on any atom is 0.309 e. The first kappa shape index (κ1) is 27.4. The Hall–Kier alpha value is -5.17. The van der Waals surface area contributed by atoms with Gasteiger partial charge in [0.25, 0.3) is 5.91 Å². The van der Waals surface area contributed by atoms with Crippen molar-refractivity contribution in [2.24, 2.45) is 0 Å². The first-order valence-corrected chi connectivity index (χ1v) is 13.3. The van der Waals surface area contributed by atoms with E-state index in [1.54, 1.807) is 10.7 Å². The molecule has 0 saturated heterocycles. The van der Waals surface area contributed by atoms with Gasteiger partial charge in [-0.2, -0.15) is 9.78 Å². The van der Waals surface area contributed by atoms with E-state index in [2.05, 4.69) is 11.4 Å². The van der Waals surface area contributed by atoms with Crippen LogP contribution in [0.5, 0.6) is 5.88 Å². The van der Waals surface area contributed by atoms with E-state index in [-0.39, 0.29) is 5.91 Å². The Morgan fingerprint density at radius 3 is 2.17 bits per heavy atom. The predicted octanol–water partition coefficient (Wildman–Crippen LogP) is 7.07. The number of hydrogen-bond acceptors (Lipinski definition) is 5. The fraction of sp³-hybridized carbons (Fsp3) is 0.147. The molecule has 4 aromatic carbocycles. The van der Waals surface area contributed by atoms with Crippen molar-refractivity contribution in [1.82, 2.24) is 9.78 Å². The van der Waals surface area contributed by atoms with E-state index in [9.17, 15) is 9.59 Å². The van der Waals surface area contributed by atoms with Crippen molar-refractivity contribution in [2.75, 3.05) is 24.3 Å². The number of aryl methyl sites for hydroxylation is 2. The van der Waals surface area contributed by atoms with Gasteiger partial charge in [-0.05, 0) is 67.9 Å². The standard InChI is InChI=1S/C34H32N4O3/c1-22-12-18-29(19-13-22)38-34(41-24(3)39)31(32(36-38)26-9-7-11-30(21-26)37(4)5)25-14-16-28(17-15-25)35-33(40)27-10-6-8-23(2)20-27/h6-21H,1-5H3,(H,35,40). The highest BCUT2D eigenvalue weighted by Crippen LogP contribution is 2.42. The molecule has 0 spiro atoms. The van der Waals surface area contributed by atoms with Gasteiger partial charge in [-0.15, -0.1) is 0 Å². The largest absolute Gasteiger partial charge is 0.407 e. The van der Waals surface area contributed by atoms with Gasteiger partial charge >= 0.3 is 5.97 Å². The molecular formula is C34H32N4O3. The molecule has 0 saturated carbocycles. The van der Waals surface area contributed by atoms with E-state index < -0.39 is 5.97 Å². The molecule has 5 rings (SSSR count). The van der Waals surface area contributed by atoms with Crippen LogP contribution in [0, 0.1) is 13.8 Å². The third kappa shape index (κ3) is 6.04. The molecule has 1 N–H and O–H groups in total. The fourth-order valence-electron chi connectivity index (χ4n) is 4.60. The number of aromatic nitrogens is 2. The predicted molar refractivity (Wildman–Crippen MR) is 164 cm³/mol. The number of carbonyl (C=O) groups excluding carboxylic acids is 2. The van der Waals surface area contributed by atoms with Gasteiger partial charge in [0.1, 0.15) is 5.69 Å². The first-order valence-electron chi connectivity index (χ1n) is 13.3. The molecule has 7 heteroatoms. The Morgan fingerprint density at radius 2 is 1.51 bits per heavy atom. The molecule has 0 aliphatic heterocycles. The molecule has 0 aliphatic rings. The summed E-state index contributed by atoms with van der Waals surface area (Å²) >= 11 is 0. The Balaban J connectivity index is 1.63. The molecule has 1 aromatic heterocycles. The summed E-state index contributed by atoms with van der Waals surface area (Å²) in [6, 6.07) is 30.9. The normalized spacial score (nSPS) is 10.8. The summed E-state index contributed by atoms with van der Waals surface area (Å²) < 4.78 is 7.51. The number of nitrogens with zero attached hydrogens (tertiary/aromatic N) is 3. The maximum atomic E-state index is 12.8. The zero-order chi connectivity index (χ0) is 29.1. The molecule has 1 heterocycles. The second-order valence-electron chi connectivity index (χ2n) is 10.2. The second kappa shape index (κ2) is 11.5. The van der Waals surface area contributed by atoms with E-state index in [1.807, 2.05) is 118 Å². The highest BCUT2D eigenvalue weighted by Gasteiger charge is 2.25. The van der Waals surface area contributed by atoms with Crippen molar-refractivity contribution in [1.29, 1.82) is 0 Å². The number of hydrogen-bond donors (Lipinski definition) is 1. The molecule has 0 radical (unpaired) electrons. The van der Waals surface area contributed by atoms with E-state index in [1.165, 1.54) is 6.92 Å². The average Bonchev–Trinajstić information content (AvgIpc) is 3.32. The van der Waals surface area contributed by atoms with Gasteiger partial charge in [0.15, 0.2) is 0 Å². The van der Waals surface area contributed by atoms with Crippen molar-refractivity contribution in [3.8, 4) is 34.0 Å². The number of amides is 1. The Kier molecular flexibility index (Phi) is 7.70. The number of esters is 1. The molecule has 0 fully saturated rings. The van der Waals surface area contributed by atoms with E-state index in [4.69, 9.17) is 9.84 Å². The van der Waals surface area contributed by atoms with E-state index in [0.717, 1.165) is 33.6 Å². The van der Waals surface area contributed by atoms with Crippen LogP contribution in [0.2, 0.25) is 0 Å². The molecule has 5 aromatic rings. The lowest BCUT2D eigenvalue weighted by atomic mass is 10.0. The van der Waals surface area contributed by atoms with Crippen LogP contribution in [0.25, 0.3) is 28.1 Å². The minimum Gasteiger partial charge on any atom is -0.407 e. The molecule has 1 amide bonds. The third-order valence-corrected chi connectivity index (χ3v) is 6.71. The minimum absolute atomic E-state index is 0.185. The molecule has 0 bridgehead atoms. The molecular weight excluding hydrogens is 512 g/mol. The van der Waals surface area contributed by atoms with Crippen molar-refractivity contribution in [3.63, 3.8) is 0 Å². The molecule has 0 unspecified atom stereocenters. The quantitative estimate of drug-likeness (QED) is 0.222. The lowest BCUT2D eigenvalue weighted by Crippen LogP contribution is -2.11. The summed E-state index contributed by atoms with van der Waals surface area (Å²) in [5, 5.41) is 7.94. The monoisotopic (exact) mass is 544 g/mol. The number of nitrogens with one attached hydrogen (secondary N) is 1. The molecule has 41 heavy (non-hydrogen) atoms. The highest BCUT2D eigenvalue weighted by atomic mass is 16.5. The Labute approximate surface area is 240 Å². The van der Waals surface area contributed by atoms with Crippen LogP contribution in [0.3, 0.4) is 0 Å². The molecule has 7 nitrogen and oxygen atoms in total. The van der Waals surface area contributed by atoms with Crippen LogP contribution in [0.4, 0.5) is 11.4 Å². The summed E-state index contributed by atoms with van der Waals surface area (Å²) in [5.74, 6) is -0.311. The van der Waals surface area contributed by atoms with Gasteiger partial charge in [-0.1, -0.05) is 59.7 Å².